The fourth-order valence-electron chi connectivity index (χ4n) is 2.92. The maximum atomic E-state index is 12.7. The molecular formula is C20H23N3O4S. The molecule has 0 radical (unpaired) electrons. The van der Waals surface area contributed by atoms with Gasteiger partial charge >= 0.3 is 0 Å². The van der Waals surface area contributed by atoms with Gasteiger partial charge in [-0.1, -0.05) is 48.0 Å². The first-order valence-electron chi connectivity index (χ1n) is 9.16. The number of anilines is 1. The van der Waals surface area contributed by atoms with E-state index in [-0.39, 0.29) is 11.5 Å². The number of piperidine rings is 1. The molecule has 0 atom stereocenters. The lowest BCUT2D eigenvalue weighted by Crippen LogP contribution is -2.35. The van der Waals surface area contributed by atoms with Crippen LogP contribution in [0.15, 0.2) is 64.6 Å². The highest BCUT2D eigenvalue weighted by molar-refractivity contribution is 7.89. The molecule has 1 N–H and O–H groups in total. The smallest absolute Gasteiger partial charge is 0.265 e. The second-order valence-electron chi connectivity index (χ2n) is 6.46. The van der Waals surface area contributed by atoms with Crippen molar-refractivity contribution in [3.8, 4) is 0 Å². The van der Waals surface area contributed by atoms with Crippen LogP contribution in [0.1, 0.15) is 24.8 Å². The molecule has 0 spiro atoms. The van der Waals surface area contributed by atoms with Crippen molar-refractivity contribution in [3.05, 3.63) is 60.2 Å². The molecule has 7 nitrogen and oxygen atoms in total. The van der Waals surface area contributed by atoms with Crippen molar-refractivity contribution in [1.29, 1.82) is 0 Å². The summed E-state index contributed by atoms with van der Waals surface area (Å²) in [5.74, 6) is -0.419. The number of sulfonamides is 1. The summed E-state index contributed by atoms with van der Waals surface area (Å²) in [6.45, 7) is 0.796. The van der Waals surface area contributed by atoms with Gasteiger partial charge in [0.1, 0.15) is 0 Å². The number of benzene rings is 2. The van der Waals surface area contributed by atoms with Crippen molar-refractivity contribution in [3.63, 3.8) is 0 Å². The minimum atomic E-state index is -3.54. The molecule has 1 amide bonds. The van der Waals surface area contributed by atoms with Gasteiger partial charge in [0.25, 0.3) is 5.91 Å². The number of rotatable bonds is 7. The molecule has 0 aliphatic carbocycles. The van der Waals surface area contributed by atoms with Gasteiger partial charge < -0.3 is 10.2 Å². The Kier molecular flexibility index (Phi) is 6.78. The SMILES string of the molecule is O=C(CO/N=C\c1ccccc1)Nc1cccc(S(=O)(=O)N2CCCCC2)c1. The maximum Gasteiger partial charge on any atom is 0.265 e. The summed E-state index contributed by atoms with van der Waals surface area (Å²) < 4.78 is 27.0. The third kappa shape index (κ3) is 5.40. The zero-order chi connectivity index (χ0) is 19.8. The van der Waals surface area contributed by atoms with Crippen LogP contribution >= 0.6 is 0 Å². The molecule has 0 saturated carbocycles. The molecule has 8 heteroatoms. The molecule has 2 aromatic carbocycles. The molecule has 0 aromatic heterocycles. The van der Waals surface area contributed by atoms with Crippen LogP contribution < -0.4 is 5.32 Å². The molecule has 1 heterocycles. The van der Waals surface area contributed by atoms with Gasteiger partial charge in [-0.25, -0.2) is 8.42 Å². The number of carbonyl (C=O) groups is 1. The number of hydrogen-bond donors (Lipinski definition) is 1. The first-order chi connectivity index (χ1) is 13.6. The van der Waals surface area contributed by atoms with Crippen LogP contribution in [0.25, 0.3) is 0 Å². The van der Waals surface area contributed by atoms with Crippen molar-refractivity contribution < 1.29 is 18.0 Å². The van der Waals surface area contributed by atoms with E-state index < -0.39 is 15.9 Å². The predicted octanol–water partition coefficient (Wildman–Crippen LogP) is 2.85. The van der Waals surface area contributed by atoms with Crippen LogP contribution in [0.5, 0.6) is 0 Å². The van der Waals surface area contributed by atoms with E-state index in [9.17, 15) is 13.2 Å². The van der Waals surface area contributed by atoms with Gasteiger partial charge in [0.15, 0.2) is 6.61 Å². The molecule has 2 aromatic rings. The van der Waals surface area contributed by atoms with Crippen LogP contribution in [0, 0.1) is 0 Å². The van der Waals surface area contributed by atoms with Gasteiger partial charge in [-0.3, -0.25) is 4.79 Å². The molecule has 3 rings (SSSR count). The van der Waals surface area contributed by atoms with Crippen LogP contribution in [0.3, 0.4) is 0 Å². The van der Waals surface area contributed by atoms with E-state index in [4.69, 9.17) is 4.84 Å². The zero-order valence-corrected chi connectivity index (χ0v) is 16.3. The van der Waals surface area contributed by atoms with Gasteiger partial charge in [-0.2, -0.15) is 4.31 Å². The van der Waals surface area contributed by atoms with E-state index in [1.54, 1.807) is 18.2 Å². The summed E-state index contributed by atoms with van der Waals surface area (Å²) in [6, 6.07) is 15.6. The van der Waals surface area contributed by atoms with Crippen LogP contribution in [0.4, 0.5) is 5.69 Å². The third-order valence-electron chi connectivity index (χ3n) is 4.34. The summed E-state index contributed by atoms with van der Waals surface area (Å²) in [4.78, 5) is 17.2. The third-order valence-corrected chi connectivity index (χ3v) is 6.24. The lowest BCUT2D eigenvalue weighted by Gasteiger charge is -2.26. The summed E-state index contributed by atoms with van der Waals surface area (Å²) >= 11 is 0. The summed E-state index contributed by atoms with van der Waals surface area (Å²) in [5, 5.41) is 6.39. The van der Waals surface area contributed by atoms with Crippen molar-refractivity contribution >= 4 is 27.8 Å². The largest absolute Gasteiger partial charge is 0.386 e. The second kappa shape index (κ2) is 9.48. The van der Waals surface area contributed by atoms with Crippen molar-refractivity contribution in [2.24, 2.45) is 5.16 Å². The predicted molar refractivity (Wildman–Crippen MR) is 108 cm³/mol. The summed E-state index contributed by atoms with van der Waals surface area (Å²) in [7, 11) is -3.54. The van der Waals surface area contributed by atoms with Gasteiger partial charge in [-0.05, 0) is 36.6 Å². The molecule has 28 heavy (non-hydrogen) atoms. The number of hydrogen-bond acceptors (Lipinski definition) is 5. The minimum absolute atomic E-state index is 0.176. The molecule has 1 aliphatic rings. The van der Waals surface area contributed by atoms with Gasteiger partial charge in [0.2, 0.25) is 10.0 Å². The lowest BCUT2D eigenvalue weighted by molar-refractivity contribution is -0.120. The molecule has 0 bridgehead atoms. The van der Waals surface area contributed by atoms with E-state index in [0.29, 0.717) is 18.8 Å². The van der Waals surface area contributed by atoms with E-state index in [1.165, 1.54) is 16.6 Å². The Balaban J connectivity index is 1.56. The summed E-state index contributed by atoms with van der Waals surface area (Å²) in [6.07, 6.45) is 4.31. The number of carbonyl (C=O) groups excluding carboxylic acids is 1. The van der Waals surface area contributed by atoms with Gasteiger partial charge in [-0.15, -0.1) is 0 Å². The van der Waals surface area contributed by atoms with Crippen molar-refractivity contribution in [1.82, 2.24) is 4.31 Å². The Morgan fingerprint density at radius 2 is 1.82 bits per heavy atom. The van der Waals surface area contributed by atoms with Gasteiger partial charge in [0, 0.05) is 18.8 Å². The average molecular weight is 401 g/mol. The van der Waals surface area contributed by atoms with Crippen LogP contribution in [-0.2, 0) is 19.7 Å². The highest BCUT2D eigenvalue weighted by atomic mass is 32.2. The first-order valence-corrected chi connectivity index (χ1v) is 10.6. The quantitative estimate of drug-likeness (QED) is 0.571. The van der Waals surface area contributed by atoms with Crippen LogP contribution in [-0.4, -0.2) is 44.5 Å². The fourth-order valence-corrected chi connectivity index (χ4v) is 4.48. The molecular weight excluding hydrogens is 378 g/mol. The highest BCUT2D eigenvalue weighted by Crippen LogP contribution is 2.22. The van der Waals surface area contributed by atoms with E-state index in [2.05, 4.69) is 10.5 Å². The number of nitrogens with one attached hydrogen (secondary N) is 1. The van der Waals surface area contributed by atoms with E-state index in [1.807, 2.05) is 30.3 Å². The number of oxime groups is 1. The Hall–Kier alpha value is -2.71. The van der Waals surface area contributed by atoms with Crippen molar-refractivity contribution in [2.75, 3.05) is 25.0 Å². The zero-order valence-electron chi connectivity index (χ0n) is 15.5. The molecule has 1 fully saturated rings. The second-order valence-corrected chi connectivity index (χ2v) is 8.40. The Labute approximate surface area is 165 Å². The normalized spacial score (nSPS) is 15.4. The molecule has 1 aliphatic heterocycles. The Morgan fingerprint density at radius 1 is 1.07 bits per heavy atom. The number of amides is 1. The molecule has 1 saturated heterocycles. The van der Waals surface area contributed by atoms with E-state index in [0.717, 1.165) is 24.8 Å². The Morgan fingerprint density at radius 3 is 2.57 bits per heavy atom. The van der Waals surface area contributed by atoms with Crippen molar-refractivity contribution in [2.45, 2.75) is 24.2 Å². The summed E-state index contributed by atoms with van der Waals surface area (Å²) in [5.41, 5.74) is 1.26. The first kappa shape index (κ1) is 20.0. The van der Waals surface area contributed by atoms with E-state index >= 15 is 0 Å². The number of nitrogens with zero attached hydrogens (tertiary/aromatic N) is 2. The average Bonchev–Trinajstić information content (AvgIpc) is 2.73. The molecule has 148 valence electrons. The maximum absolute atomic E-state index is 12.7. The Bertz CT molecular complexity index is 923. The topological polar surface area (TPSA) is 88.1 Å². The van der Waals surface area contributed by atoms with Crippen LogP contribution in [0.2, 0.25) is 0 Å². The van der Waals surface area contributed by atoms with Gasteiger partial charge in [0.05, 0.1) is 11.1 Å². The minimum Gasteiger partial charge on any atom is -0.386 e. The monoisotopic (exact) mass is 401 g/mol. The lowest BCUT2D eigenvalue weighted by atomic mass is 10.2. The highest BCUT2D eigenvalue weighted by Gasteiger charge is 2.26. The standard InChI is InChI=1S/C20H23N3O4S/c24-20(16-27-21-15-17-8-3-1-4-9-17)22-18-10-7-11-19(14-18)28(25,26)23-12-5-2-6-13-23/h1,3-4,7-11,14-15H,2,5-6,12-13,16H2,(H,22,24)/b21-15-. The molecule has 0 unspecified atom stereocenters. The fraction of sp³-hybridized carbons (Fsp3) is 0.300.